The molecule has 1 amide bonds. The van der Waals surface area contributed by atoms with Gasteiger partial charge in [-0.15, -0.1) is 0 Å². The molecule has 0 aliphatic heterocycles. The van der Waals surface area contributed by atoms with Crippen LogP contribution in [0.1, 0.15) is 218 Å². The molecule has 4 fully saturated rings. The van der Waals surface area contributed by atoms with Crippen molar-refractivity contribution in [1.29, 1.82) is 0 Å². The number of fused-ring (bicyclic) bond motifs is 5. The first-order valence-electron chi connectivity index (χ1n) is 28.2. The first-order chi connectivity index (χ1) is 35.9. The number of unbranched alkanes of at least 4 members (excludes halogenated alkanes) is 10. The van der Waals surface area contributed by atoms with Gasteiger partial charge in [0.2, 0.25) is 5.91 Å². The predicted octanol–water partition coefficient (Wildman–Crippen LogP) is 14.7. The van der Waals surface area contributed by atoms with E-state index in [9.17, 15) is 55.1 Å². The monoisotopic (exact) mass is 1070 g/mol. The summed E-state index contributed by atoms with van der Waals surface area (Å²) >= 11 is 0. The van der Waals surface area contributed by atoms with E-state index in [1.54, 1.807) is 0 Å². The molecular weight excluding hydrogens is 993 g/mol. The minimum atomic E-state index is -5.10. The summed E-state index contributed by atoms with van der Waals surface area (Å²) in [5, 5.41) is 0. The van der Waals surface area contributed by atoms with Crippen molar-refractivity contribution in [3.05, 3.63) is 70.8 Å². The van der Waals surface area contributed by atoms with Gasteiger partial charge in [0, 0.05) is 48.9 Å². The van der Waals surface area contributed by atoms with E-state index in [1.165, 1.54) is 57.6 Å². The second-order valence-corrected chi connectivity index (χ2v) is 23.1. The summed E-state index contributed by atoms with van der Waals surface area (Å²) in [6, 6.07) is 8.42. The molecule has 0 spiro atoms. The molecule has 0 radical (unpaired) electrons. The van der Waals surface area contributed by atoms with Gasteiger partial charge in [0.25, 0.3) is 11.6 Å². The Kier molecular flexibility index (Phi) is 20.9. The lowest BCUT2D eigenvalue weighted by Crippen LogP contribution is -2.63. The van der Waals surface area contributed by atoms with Crippen LogP contribution in [-0.2, 0) is 23.8 Å². The summed E-state index contributed by atoms with van der Waals surface area (Å²) in [6.45, 7) is 13.7. The van der Waals surface area contributed by atoms with Gasteiger partial charge in [0.05, 0.1) is 11.1 Å². The molecule has 2 aromatic carbocycles. The lowest BCUT2D eigenvalue weighted by molar-refractivity contribution is -0.216. The first-order valence-corrected chi connectivity index (χ1v) is 28.2. The summed E-state index contributed by atoms with van der Waals surface area (Å²) in [6.07, 6.45) is 6.27. The summed E-state index contributed by atoms with van der Waals surface area (Å²) in [4.78, 5) is 80.9. The first kappa shape index (κ1) is 60.5. The molecule has 0 heterocycles. The molecule has 0 bridgehead atoms. The van der Waals surface area contributed by atoms with Crippen molar-refractivity contribution in [2.24, 2.45) is 46.3 Å². The smallest absolute Gasteiger partial charge is 0.454 e. The molecule has 6 rings (SSSR count). The van der Waals surface area contributed by atoms with E-state index < -0.39 is 82.1 Å². The fourth-order valence-corrected chi connectivity index (χ4v) is 14.2. The summed E-state index contributed by atoms with van der Waals surface area (Å²) in [5.74, 6) is -6.45. The van der Waals surface area contributed by atoms with Crippen LogP contribution < -0.4 is 0 Å². The van der Waals surface area contributed by atoms with Crippen LogP contribution in [0, 0.1) is 46.3 Å². The highest BCUT2D eigenvalue weighted by Crippen LogP contribution is 2.69. The third-order valence-corrected chi connectivity index (χ3v) is 18.3. The molecule has 4 saturated carbocycles. The number of benzene rings is 2. The number of Topliss-reactive ketones (excluding diaryl/α,β-unsaturated/α-hetero) is 2. The number of amides is 1. The zero-order valence-corrected chi connectivity index (χ0v) is 45.5. The zero-order valence-electron chi connectivity index (χ0n) is 45.5. The van der Waals surface area contributed by atoms with Crippen LogP contribution in [0.15, 0.2) is 48.5 Å². The van der Waals surface area contributed by atoms with Crippen molar-refractivity contribution in [3.8, 4) is 0 Å². The Labute approximate surface area is 445 Å². The van der Waals surface area contributed by atoms with E-state index >= 15 is 0 Å². The van der Waals surface area contributed by atoms with Gasteiger partial charge in [0.1, 0.15) is 18.3 Å². The number of hydrogen-bond donors (Lipinski definition) is 0. The molecular formula is C60H81F6NO9. The largest absolute Gasteiger partial charge is 0.462 e. The lowest BCUT2D eigenvalue weighted by atomic mass is 9.43. The standard InChI is InChI=1S/C60H81F6NO9/c1-7-9-11-13-15-17-33-67(34-18-16-14-12-10-8-2)51(69)30-19-38(3)46-28-29-47-52-48(37-50(58(46,47)6)76-56(73)43-26-22-41(23-27-43)54(71)60(64,65)66)57(5)32-31-45(35-44(57)36-49(52)74-39(4)68)75-55(72)42-24-20-40(21-25-42)53(70)59(61,62)63/h20-27,38,44-50,52H,7-19,28-37H2,1-6H3/t38-,44+,45-,46-,47+,48+,49-,50+,52+,57+,58-/m1/s1. The van der Waals surface area contributed by atoms with Crippen molar-refractivity contribution in [1.82, 2.24) is 4.90 Å². The third-order valence-electron chi connectivity index (χ3n) is 18.3. The maximum absolute atomic E-state index is 14.3. The van der Waals surface area contributed by atoms with E-state index in [0.29, 0.717) is 44.9 Å². The highest BCUT2D eigenvalue weighted by atomic mass is 19.4. The topological polar surface area (TPSA) is 133 Å². The van der Waals surface area contributed by atoms with E-state index in [0.717, 1.165) is 101 Å². The highest BCUT2D eigenvalue weighted by Gasteiger charge is 2.68. The molecule has 2 aromatic rings. The van der Waals surface area contributed by atoms with Gasteiger partial charge in [-0.05, 0) is 123 Å². The molecule has 422 valence electrons. The van der Waals surface area contributed by atoms with Gasteiger partial charge >= 0.3 is 30.3 Å². The summed E-state index contributed by atoms with van der Waals surface area (Å²) in [7, 11) is 0. The van der Waals surface area contributed by atoms with Crippen molar-refractivity contribution < 1.29 is 69.3 Å². The Morgan fingerprint density at radius 3 is 1.61 bits per heavy atom. The number of ketones is 2. The zero-order chi connectivity index (χ0) is 55.6. The SMILES string of the molecule is CCCCCCCCN(CCCCCCCC)C(=O)CC[C@@H](C)[C@H]1CC[C@H]2[C@@H]3[C@H](OC(C)=O)C[C@@H]4C[C@H](OC(=O)c5ccc(C(=O)C(F)(F)F)cc5)CC[C@]4(C)[C@H]3C[C@H](OC(=O)c3ccc(C(=O)C(F)(F)F)cc3)[C@]12C. The second kappa shape index (κ2) is 26.3. The van der Waals surface area contributed by atoms with E-state index in [4.69, 9.17) is 14.2 Å². The number of carbonyl (C=O) groups is 6. The maximum atomic E-state index is 14.3. The Bertz CT molecular complexity index is 2280. The number of halogens is 6. The Morgan fingerprint density at radius 2 is 1.11 bits per heavy atom. The fraction of sp³-hybridized carbons (Fsp3) is 0.700. The molecule has 0 aromatic heterocycles. The van der Waals surface area contributed by atoms with Crippen molar-refractivity contribution in [2.45, 2.75) is 207 Å². The van der Waals surface area contributed by atoms with Crippen LogP contribution >= 0.6 is 0 Å². The Hall–Kier alpha value is -4.76. The van der Waals surface area contributed by atoms with E-state index in [-0.39, 0.29) is 52.5 Å². The molecule has 4 aliphatic carbocycles. The number of rotatable bonds is 25. The van der Waals surface area contributed by atoms with Gasteiger partial charge < -0.3 is 19.1 Å². The van der Waals surface area contributed by atoms with Crippen molar-refractivity contribution in [3.63, 3.8) is 0 Å². The van der Waals surface area contributed by atoms with Gasteiger partial charge in [-0.1, -0.05) is 123 Å². The lowest BCUT2D eigenvalue weighted by Gasteiger charge is -2.64. The Balaban J connectivity index is 1.25. The van der Waals surface area contributed by atoms with Gasteiger partial charge in [-0.2, -0.15) is 26.3 Å². The minimum absolute atomic E-state index is 0.0138. The predicted molar refractivity (Wildman–Crippen MR) is 275 cm³/mol. The van der Waals surface area contributed by atoms with Gasteiger partial charge in [-0.25, -0.2) is 9.59 Å². The molecule has 0 unspecified atom stereocenters. The number of alkyl halides is 6. The Morgan fingerprint density at radius 1 is 0.618 bits per heavy atom. The molecule has 11 atom stereocenters. The van der Waals surface area contributed by atoms with Crippen LogP contribution in [0.4, 0.5) is 26.3 Å². The summed E-state index contributed by atoms with van der Waals surface area (Å²) < 4.78 is 98.2. The molecule has 0 saturated heterocycles. The molecule has 0 N–H and O–H groups in total. The molecule has 4 aliphatic rings. The van der Waals surface area contributed by atoms with Gasteiger partial charge in [0.15, 0.2) is 0 Å². The van der Waals surface area contributed by atoms with E-state index in [2.05, 4.69) is 39.5 Å². The van der Waals surface area contributed by atoms with E-state index in [1.807, 2.05) is 0 Å². The molecule has 10 nitrogen and oxygen atoms in total. The van der Waals surface area contributed by atoms with Gasteiger partial charge in [-0.3, -0.25) is 19.2 Å². The van der Waals surface area contributed by atoms with Crippen LogP contribution in [0.25, 0.3) is 0 Å². The van der Waals surface area contributed by atoms with Crippen molar-refractivity contribution in [2.75, 3.05) is 13.1 Å². The average molecular weight is 1070 g/mol. The third kappa shape index (κ3) is 14.5. The van der Waals surface area contributed by atoms with Crippen LogP contribution in [0.5, 0.6) is 0 Å². The maximum Gasteiger partial charge on any atom is 0.454 e. The number of esters is 3. The summed E-state index contributed by atoms with van der Waals surface area (Å²) in [5.41, 5.74) is -2.36. The molecule has 76 heavy (non-hydrogen) atoms. The highest BCUT2D eigenvalue weighted by molar-refractivity contribution is 6.02. The van der Waals surface area contributed by atoms with Crippen LogP contribution in [-0.4, -0.2) is 84.0 Å². The average Bonchev–Trinajstić information content (AvgIpc) is 3.74. The number of hydrogen-bond acceptors (Lipinski definition) is 9. The van der Waals surface area contributed by atoms with Crippen LogP contribution in [0.2, 0.25) is 0 Å². The second-order valence-electron chi connectivity index (χ2n) is 23.1. The minimum Gasteiger partial charge on any atom is -0.462 e. The van der Waals surface area contributed by atoms with Crippen molar-refractivity contribution >= 4 is 35.4 Å². The number of carbonyl (C=O) groups excluding carboxylic acids is 6. The fourth-order valence-electron chi connectivity index (χ4n) is 14.2. The van der Waals surface area contributed by atoms with Crippen LogP contribution in [0.3, 0.4) is 0 Å². The number of nitrogens with zero attached hydrogens (tertiary/aromatic N) is 1. The number of ether oxygens (including phenoxy) is 3. The normalized spacial score (nSPS) is 27.5. The quantitative estimate of drug-likeness (QED) is 0.0313. The molecule has 16 heteroatoms.